The Balaban J connectivity index is 1.47. The quantitative estimate of drug-likeness (QED) is 0.755. The number of nitrogens with zero attached hydrogens (tertiary/aromatic N) is 1. The van der Waals surface area contributed by atoms with E-state index in [1.807, 2.05) is 0 Å². The SMILES string of the molecule is C1COC(CCN2CCCC3CCCC32)OC1. The Morgan fingerprint density at radius 3 is 2.65 bits per heavy atom. The van der Waals surface area contributed by atoms with Crippen LogP contribution >= 0.6 is 0 Å². The van der Waals surface area contributed by atoms with Crippen molar-refractivity contribution in [2.45, 2.75) is 57.3 Å². The minimum atomic E-state index is 0.0746. The first-order valence-electron chi connectivity index (χ1n) is 7.41. The van der Waals surface area contributed by atoms with Crippen molar-refractivity contribution < 1.29 is 9.47 Å². The summed E-state index contributed by atoms with van der Waals surface area (Å²) < 4.78 is 11.3. The molecule has 0 spiro atoms. The van der Waals surface area contributed by atoms with Crippen LogP contribution in [-0.2, 0) is 9.47 Å². The van der Waals surface area contributed by atoms with E-state index in [2.05, 4.69) is 4.90 Å². The Labute approximate surface area is 104 Å². The molecular weight excluding hydrogens is 214 g/mol. The second-order valence-corrected chi connectivity index (χ2v) is 5.75. The molecule has 3 fully saturated rings. The van der Waals surface area contributed by atoms with E-state index in [1.165, 1.54) is 45.2 Å². The van der Waals surface area contributed by atoms with Crippen LogP contribution in [0, 0.1) is 5.92 Å². The second kappa shape index (κ2) is 5.68. The normalized spacial score (nSPS) is 36.0. The molecular formula is C14H25NO2. The van der Waals surface area contributed by atoms with E-state index in [9.17, 15) is 0 Å². The lowest BCUT2D eigenvalue weighted by Crippen LogP contribution is -2.44. The molecule has 98 valence electrons. The van der Waals surface area contributed by atoms with Gasteiger partial charge in [0, 0.05) is 19.0 Å². The Morgan fingerprint density at radius 1 is 0.941 bits per heavy atom. The maximum atomic E-state index is 5.63. The predicted molar refractivity (Wildman–Crippen MR) is 66.9 cm³/mol. The van der Waals surface area contributed by atoms with Crippen molar-refractivity contribution in [3.8, 4) is 0 Å². The van der Waals surface area contributed by atoms with Crippen molar-refractivity contribution in [2.75, 3.05) is 26.3 Å². The number of rotatable bonds is 3. The molecule has 2 saturated heterocycles. The largest absolute Gasteiger partial charge is 0.353 e. The van der Waals surface area contributed by atoms with Gasteiger partial charge in [-0.3, -0.25) is 4.90 Å². The fraction of sp³-hybridized carbons (Fsp3) is 1.00. The van der Waals surface area contributed by atoms with Crippen molar-refractivity contribution in [3.05, 3.63) is 0 Å². The molecule has 3 rings (SSSR count). The van der Waals surface area contributed by atoms with Crippen LogP contribution in [0.2, 0.25) is 0 Å². The Kier molecular flexibility index (Phi) is 3.99. The first-order valence-corrected chi connectivity index (χ1v) is 7.41. The van der Waals surface area contributed by atoms with E-state index in [4.69, 9.17) is 9.47 Å². The van der Waals surface area contributed by atoms with Crippen molar-refractivity contribution in [3.63, 3.8) is 0 Å². The number of hydrogen-bond donors (Lipinski definition) is 0. The molecule has 0 bridgehead atoms. The van der Waals surface area contributed by atoms with E-state index < -0.39 is 0 Å². The van der Waals surface area contributed by atoms with Gasteiger partial charge in [0.2, 0.25) is 0 Å². The third kappa shape index (κ3) is 2.83. The highest BCUT2D eigenvalue weighted by Gasteiger charge is 2.34. The molecule has 0 N–H and O–H groups in total. The van der Waals surface area contributed by atoms with Crippen molar-refractivity contribution in [2.24, 2.45) is 5.92 Å². The van der Waals surface area contributed by atoms with Crippen molar-refractivity contribution in [1.82, 2.24) is 4.90 Å². The van der Waals surface area contributed by atoms with Crippen LogP contribution in [0.3, 0.4) is 0 Å². The third-order valence-electron chi connectivity index (χ3n) is 4.66. The number of hydrogen-bond acceptors (Lipinski definition) is 3. The predicted octanol–water partition coefficient (Wildman–Crippen LogP) is 2.40. The van der Waals surface area contributed by atoms with Crippen LogP contribution in [-0.4, -0.2) is 43.5 Å². The van der Waals surface area contributed by atoms with Crippen LogP contribution in [0.25, 0.3) is 0 Å². The zero-order valence-electron chi connectivity index (χ0n) is 10.8. The van der Waals surface area contributed by atoms with Gasteiger partial charge < -0.3 is 9.47 Å². The summed E-state index contributed by atoms with van der Waals surface area (Å²) in [6.07, 6.45) is 9.40. The molecule has 3 heteroatoms. The summed E-state index contributed by atoms with van der Waals surface area (Å²) in [5, 5.41) is 0. The maximum Gasteiger partial charge on any atom is 0.158 e. The van der Waals surface area contributed by atoms with Gasteiger partial charge in [-0.25, -0.2) is 0 Å². The molecule has 3 nitrogen and oxygen atoms in total. The summed E-state index contributed by atoms with van der Waals surface area (Å²) in [6, 6.07) is 0.882. The van der Waals surface area contributed by atoms with Crippen LogP contribution < -0.4 is 0 Å². The molecule has 3 aliphatic rings. The van der Waals surface area contributed by atoms with Gasteiger partial charge in [0.25, 0.3) is 0 Å². The Hall–Kier alpha value is -0.120. The zero-order valence-corrected chi connectivity index (χ0v) is 10.8. The van der Waals surface area contributed by atoms with Gasteiger partial charge in [0.05, 0.1) is 13.2 Å². The van der Waals surface area contributed by atoms with Gasteiger partial charge in [-0.05, 0) is 44.6 Å². The molecule has 2 unspecified atom stereocenters. The molecule has 17 heavy (non-hydrogen) atoms. The highest BCUT2D eigenvalue weighted by Crippen LogP contribution is 2.36. The van der Waals surface area contributed by atoms with Crippen molar-refractivity contribution >= 4 is 0 Å². The molecule has 0 aromatic carbocycles. The number of likely N-dealkylation sites (tertiary alicyclic amines) is 1. The molecule has 2 atom stereocenters. The smallest absolute Gasteiger partial charge is 0.158 e. The average Bonchev–Trinajstić information content (AvgIpc) is 2.86. The van der Waals surface area contributed by atoms with E-state index in [0.717, 1.165) is 38.0 Å². The molecule has 0 aromatic rings. The lowest BCUT2D eigenvalue weighted by Gasteiger charge is -2.38. The minimum absolute atomic E-state index is 0.0746. The molecule has 2 aliphatic heterocycles. The summed E-state index contributed by atoms with van der Waals surface area (Å²) in [4.78, 5) is 2.71. The molecule has 1 saturated carbocycles. The lowest BCUT2D eigenvalue weighted by atomic mass is 9.92. The minimum Gasteiger partial charge on any atom is -0.353 e. The summed E-state index contributed by atoms with van der Waals surface area (Å²) >= 11 is 0. The third-order valence-corrected chi connectivity index (χ3v) is 4.66. The van der Waals surface area contributed by atoms with Crippen LogP contribution in [0.1, 0.15) is 44.9 Å². The summed E-state index contributed by atoms with van der Waals surface area (Å²) in [5.41, 5.74) is 0. The lowest BCUT2D eigenvalue weighted by molar-refractivity contribution is -0.183. The van der Waals surface area contributed by atoms with Gasteiger partial charge in [-0.2, -0.15) is 0 Å². The van der Waals surface area contributed by atoms with E-state index in [0.29, 0.717) is 0 Å². The first-order chi connectivity index (χ1) is 8.43. The Morgan fingerprint density at radius 2 is 1.76 bits per heavy atom. The zero-order chi connectivity index (χ0) is 11.5. The fourth-order valence-corrected chi connectivity index (χ4v) is 3.81. The van der Waals surface area contributed by atoms with Gasteiger partial charge in [-0.1, -0.05) is 6.42 Å². The van der Waals surface area contributed by atoms with E-state index in [1.54, 1.807) is 0 Å². The molecule has 0 amide bonds. The summed E-state index contributed by atoms with van der Waals surface area (Å²) in [7, 11) is 0. The van der Waals surface area contributed by atoms with Gasteiger partial charge in [-0.15, -0.1) is 0 Å². The number of ether oxygens (including phenoxy) is 2. The first kappa shape index (κ1) is 11.9. The highest BCUT2D eigenvalue weighted by atomic mass is 16.7. The summed E-state index contributed by atoms with van der Waals surface area (Å²) in [6.45, 7) is 4.24. The van der Waals surface area contributed by atoms with Gasteiger partial charge in [0.15, 0.2) is 6.29 Å². The fourth-order valence-electron chi connectivity index (χ4n) is 3.81. The molecule has 1 aliphatic carbocycles. The number of fused-ring (bicyclic) bond motifs is 1. The molecule has 0 radical (unpaired) electrons. The van der Waals surface area contributed by atoms with Crippen LogP contribution in [0.15, 0.2) is 0 Å². The topological polar surface area (TPSA) is 21.7 Å². The van der Waals surface area contributed by atoms with E-state index >= 15 is 0 Å². The van der Waals surface area contributed by atoms with Crippen molar-refractivity contribution in [1.29, 1.82) is 0 Å². The molecule has 0 aromatic heterocycles. The highest BCUT2D eigenvalue weighted by molar-refractivity contribution is 4.89. The monoisotopic (exact) mass is 239 g/mol. The Bertz CT molecular complexity index is 240. The average molecular weight is 239 g/mol. The number of piperidine rings is 1. The van der Waals surface area contributed by atoms with Crippen LogP contribution in [0.5, 0.6) is 0 Å². The van der Waals surface area contributed by atoms with Gasteiger partial charge >= 0.3 is 0 Å². The summed E-state index contributed by atoms with van der Waals surface area (Å²) in [5.74, 6) is 0.997. The standard InChI is InChI=1S/C14H25NO2/c1-4-12-5-2-8-15(13(12)6-1)9-7-14-16-10-3-11-17-14/h12-14H,1-11H2. The molecule has 2 heterocycles. The second-order valence-electron chi connectivity index (χ2n) is 5.75. The van der Waals surface area contributed by atoms with E-state index in [-0.39, 0.29) is 6.29 Å². The van der Waals surface area contributed by atoms with Gasteiger partial charge in [0.1, 0.15) is 0 Å². The maximum absolute atomic E-state index is 5.63. The van der Waals surface area contributed by atoms with Crippen LogP contribution in [0.4, 0.5) is 0 Å².